The van der Waals surface area contributed by atoms with Gasteiger partial charge < -0.3 is 10.2 Å². The minimum absolute atomic E-state index is 0.165. The van der Waals surface area contributed by atoms with E-state index in [9.17, 15) is 9.18 Å². The number of aromatic nitrogens is 1. The lowest BCUT2D eigenvalue weighted by Gasteiger charge is -2.32. The summed E-state index contributed by atoms with van der Waals surface area (Å²) >= 11 is 0. The average Bonchev–Trinajstić information content (AvgIpc) is 2.62. The molecule has 2 heterocycles. The summed E-state index contributed by atoms with van der Waals surface area (Å²) in [7, 11) is 0. The number of pyridine rings is 1. The molecule has 1 saturated heterocycles. The minimum atomic E-state index is -0.381. The first-order valence-electron chi connectivity index (χ1n) is 8.38. The van der Waals surface area contributed by atoms with Crippen LogP contribution in [0.25, 0.3) is 0 Å². The molecule has 1 N–H and O–H groups in total. The van der Waals surface area contributed by atoms with E-state index in [1.165, 1.54) is 17.7 Å². The number of benzene rings is 1. The van der Waals surface area contributed by atoms with E-state index in [1.54, 1.807) is 12.1 Å². The molecule has 24 heavy (non-hydrogen) atoms. The molecule has 1 amide bonds. The van der Waals surface area contributed by atoms with Crippen LogP contribution in [0.5, 0.6) is 0 Å². The van der Waals surface area contributed by atoms with Gasteiger partial charge in [0.15, 0.2) is 0 Å². The molecule has 0 aliphatic carbocycles. The van der Waals surface area contributed by atoms with Gasteiger partial charge in [0.25, 0.3) is 5.91 Å². The Balaban J connectivity index is 1.43. The largest absolute Gasteiger partial charge is 0.349 e. The van der Waals surface area contributed by atoms with Crippen LogP contribution in [-0.2, 0) is 6.42 Å². The van der Waals surface area contributed by atoms with Gasteiger partial charge in [0, 0.05) is 43.6 Å². The quantitative estimate of drug-likeness (QED) is 0.918. The maximum atomic E-state index is 13.2. The van der Waals surface area contributed by atoms with E-state index in [4.69, 9.17) is 0 Å². The second-order valence-electron chi connectivity index (χ2n) is 6.21. The lowest BCUT2D eigenvalue weighted by molar-refractivity contribution is 0.0911. The summed E-state index contributed by atoms with van der Waals surface area (Å²) in [4.78, 5) is 18.6. The summed E-state index contributed by atoms with van der Waals surface area (Å²) in [6, 6.07) is 10.1. The Labute approximate surface area is 141 Å². The zero-order chi connectivity index (χ0) is 16.8. The monoisotopic (exact) mass is 327 g/mol. The Morgan fingerprint density at radius 1 is 1.21 bits per heavy atom. The summed E-state index contributed by atoms with van der Waals surface area (Å²) in [5, 5.41) is 3.02. The maximum Gasteiger partial charge on any atom is 0.251 e. The number of nitrogens with one attached hydrogen (secondary N) is 1. The molecule has 0 unspecified atom stereocenters. The fourth-order valence-electron chi connectivity index (χ4n) is 3.04. The zero-order valence-electron chi connectivity index (χ0n) is 13.6. The molecule has 5 heteroatoms. The number of carbonyl (C=O) groups is 1. The van der Waals surface area contributed by atoms with Gasteiger partial charge in [0.2, 0.25) is 0 Å². The number of likely N-dealkylation sites (tertiary alicyclic amines) is 1. The minimum Gasteiger partial charge on any atom is -0.349 e. The molecular formula is C19H22FN3O. The molecule has 2 aromatic rings. The van der Waals surface area contributed by atoms with Crippen LogP contribution in [0.1, 0.15) is 28.8 Å². The number of rotatable bonds is 5. The highest BCUT2D eigenvalue weighted by molar-refractivity contribution is 5.94. The van der Waals surface area contributed by atoms with Gasteiger partial charge in [-0.1, -0.05) is 6.07 Å². The topological polar surface area (TPSA) is 45.2 Å². The molecule has 0 atom stereocenters. The molecule has 1 aliphatic heterocycles. The van der Waals surface area contributed by atoms with E-state index >= 15 is 0 Å². The van der Waals surface area contributed by atoms with Crippen molar-refractivity contribution in [3.05, 3.63) is 65.7 Å². The molecule has 126 valence electrons. The number of amides is 1. The normalized spacial score (nSPS) is 16.0. The van der Waals surface area contributed by atoms with Crippen LogP contribution in [0, 0.1) is 5.82 Å². The summed E-state index contributed by atoms with van der Waals surface area (Å²) in [6.45, 7) is 2.97. The highest BCUT2D eigenvalue weighted by Gasteiger charge is 2.21. The van der Waals surface area contributed by atoms with Crippen molar-refractivity contribution in [1.29, 1.82) is 0 Å². The third-order valence-electron chi connectivity index (χ3n) is 4.48. The standard InChI is InChI=1S/C19H22FN3O/c20-17-3-1-2-16(14-17)19(24)22-18-7-12-23(13-8-18)11-6-15-4-9-21-10-5-15/h1-5,9-10,14,18H,6-8,11-13H2,(H,22,24). The number of carbonyl (C=O) groups excluding carboxylic acids is 1. The van der Waals surface area contributed by atoms with Crippen LogP contribution in [0.15, 0.2) is 48.8 Å². The molecule has 1 fully saturated rings. The molecule has 0 radical (unpaired) electrons. The Hall–Kier alpha value is -2.27. The number of hydrogen-bond acceptors (Lipinski definition) is 3. The first-order chi connectivity index (χ1) is 11.7. The third kappa shape index (κ3) is 4.61. The fraction of sp³-hybridized carbons (Fsp3) is 0.368. The van der Waals surface area contributed by atoms with E-state index in [0.717, 1.165) is 38.9 Å². The van der Waals surface area contributed by atoms with Crippen molar-refractivity contribution in [1.82, 2.24) is 15.2 Å². The molecule has 1 aromatic heterocycles. The van der Waals surface area contributed by atoms with Crippen LogP contribution in [0.3, 0.4) is 0 Å². The van der Waals surface area contributed by atoms with E-state index in [2.05, 4.69) is 15.2 Å². The lowest BCUT2D eigenvalue weighted by Crippen LogP contribution is -2.45. The molecule has 1 aromatic carbocycles. The molecule has 3 rings (SSSR count). The van der Waals surface area contributed by atoms with Gasteiger partial charge in [0.1, 0.15) is 5.82 Å². The van der Waals surface area contributed by atoms with Gasteiger partial charge in [-0.3, -0.25) is 9.78 Å². The highest BCUT2D eigenvalue weighted by Crippen LogP contribution is 2.13. The van der Waals surface area contributed by atoms with Crippen molar-refractivity contribution in [3.63, 3.8) is 0 Å². The van der Waals surface area contributed by atoms with Gasteiger partial charge in [0.05, 0.1) is 0 Å². The van der Waals surface area contributed by atoms with Crippen molar-refractivity contribution in [2.45, 2.75) is 25.3 Å². The third-order valence-corrected chi connectivity index (χ3v) is 4.48. The summed E-state index contributed by atoms with van der Waals surface area (Å²) < 4.78 is 13.2. The molecule has 0 spiro atoms. The van der Waals surface area contributed by atoms with Gasteiger partial charge >= 0.3 is 0 Å². The highest BCUT2D eigenvalue weighted by atomic mass is 19.1. The fourth-order valence-corrected chi connectivity index (χ4v) is 3.04. The van der Waals surface area contributed by atoms with Gasteiger partial charge in [-0.2, -0.15) is 0 Å². The first-order valence-corrected chi connectivity index (χ1v) is 8.38. The predicted molar refractivity (Wildman–Crippen MR) is 91.3 cm³/mol. The Kier molecular flexibility index (Phi) is 5.54. The van der Waals surface area contributed by atoms with Crippen LogP contribution in [-0.4, -0.2) is 41.5 Å². The maximum absolute atomic E-state index is 13.2. The van der Waals surface area contributed by atoms with E-state index < -0.39 is 0 Å². The zero-order valence-corrected chi connectivity index (χ0v) is 13.6. The lowest BCUT2D eigenvalue weighted by atomic mass is 10.0. The Morgan fingerprint density at radius 2 is 1.96 bits per heavy atom. The van der Waals surface area contributed by atoms with Crippen molar-refractivity contribution < 1.29 is 9.18 Å². The van der Waals surface area contributed by atoms with Crippen molar-refractivity contribution in [2.75, 3.05) is 19.6 Å². The van der Waals surface area contributed by atoms with Crippen LogP contribution < -0.4 is 5.32 Å². The number of nitrogens with zero attached hydrogens (tertiary/aromatic N) is 2. The SMILES string of the molecule is O=C(NC1CCN(CCc2ccncc2)CC1)c1cccc(F)c1. The van der Waals surface area contributed by atoms with Crippen molar-refractivity contribution in [2.24, 2.45) is 0 Å². The molecule has 1 aliphatic rings. The molecule has 4 nitrogen and oxygen atoms in total. The van der Waals surface area contributed by atoms with Crippen LogP contribution in [0.2, 0.25) is 0 Å². The second kappa shape index (κ2) is 8.02. The van der Waals surface area contributed by atoms with Gasteiger partial charge in [-0.25, -0.2) is 4.39 Å². The number of piperidine rings is 1. The molecule has 0 saturated carbocycles. The van der Waals surface area contributed by atoms with E-state index in [1.807, 2.05) is 24.5 Å². The van der Waals surface area contributed by atoms with Crippen LogP contribution >= 0.6 is 0 Å². The van der Waals surface area contributed by atoms with E-state index in [0.29, 0.717) is 5.56 Å². The predicted octanol–water partition coefficient (Wildman–Crippen LogP) is 2.66. The van der Waals surface area contributed by atoms with Gasteiger partial charge in [-0.05, 0) is 55.2 Å². The Bertz CT molecular complexity index is 669. The van der Waals surface area contributed by atoms with Crippen molar-refractivity contribution in [3.8, 4) is 0 Å². The summed E-state index contributed by atoms with van der Waals surface area (Å²) in [5.74, 6) is -0.571. The van der Waals surface area contributed by atoms with Crippen LogP contribution in [0.4, 0.5) is 4.39 Å². The van der Waals surface area contributed by atoms with E-state index in [-0.39, 0.29) is 17.8 Å². The smallest absolute Gasteiger partial charge is 0.251 e. The average molecular weight is 327 g/mol. The molecular weight excluding hydrogens is 305 g/mol. The summed E-state index contributed by atoms with van der Waals surface area (Å²) in [5.41, 5.74) is 1.68. The van der Waals surface area contributed by atoms with Gasteiger partial charge in [-0.15, -0.1) is 0 Å². The van der Waals surface area contributed by atoms with Crippen molar-refractivity contribution >= 4 is 5.91 Å². The second-order valence-corrected chi connectivity index (χ2v) is 6.21. The summed E-state index contributed by atoms with van der Waals surface area (Å²) in [6.07, 6.45) is 6.52. The molecule has 0 bridgehead atoms. The number of hydrogen-bond donors (Lipinski definition) is 1. The first kappa shape index (κ1) is 16.6. The number of halogens is 1. The Morgan fingerprint density at radius 3 is 2.67 bits per heavy atom.